The molecule has 2 unspecified atom stereocenters. The first-order valence-corrected chi connectivity index (χ1v) is 6.90. The highest BCUT2D eigenvalue weighted by Gasteiger charge is 2.25. The topological polar surface area (TPSA) is 69.4 Å². The molecule has 1 aliphatic heterocycles. The molecule has 5 heteroatoms. The van der Waals surface area contributed by atoms with Crippen LogP contribution in [-0.2, 0) is 4.74 Å². The second kappa shape index (κ2) is 6.84. The van der Waals surface area contributed by atoms with Gasteiger partial charge in [0.05, 0.1) is 24.4 Å². The highest BCUT2D eigenvalue weighted by Crippen LogP contribution is 2.27. The normalized spacial score (nSPS) is 21.4. The van der Waals surface area contributed by atoms with Crippen molar-refractivity contribution >= 4 is 0 Å². The lowest BCUT2D eigenvalue weighted by molar-refractivity contribution is -0.00833. The van der Waals surface area contributed by atoms with E-state index in [4.69, 9.17) is 15.3 Å². The van der Waals surface area contributed by atoms with Crippen molar-refractivity contribution in [3.05, 3.63) is 24.0 Å². The van der Waals surface area contributed by atoms with Crippen LogP contribution >= 0.6 is 0 Å². The van der Waals surface area contributed by atoms with Crippen molar-refractivity contribution in [1.82, 2.24) is 10.4 Å². The fourth-order valence-electron chi connectivity index (χ4n) is 2.39. The molecule has 2 rings (SSSR count). The Bertz CT molecular complexity index is 392. The van der Waals surface area contributed by atoms with Crippen molar-refractivity contribution in [1.29, 1.82) is 0 Å². The number of nitrogens with one attached hydrogen (secondary N) is 1. The van der Waals surface area contributed by atoms with Gasteiger partial charge in [-0.05, 0) is 44.7 Å². The van der Waals surface area contributed by atoms with E-state index in [0.29, 0.717) is 0 Å². The Hall–Kier alpha value is -1.17. The summed E-state index contributed by atoms with van der Waals surface area (Å²) in [5.41, 5.74) is 3.86. The number of aromatic nitrogens is 1. The van der Waals surface area contributed by atoms with Gasteiger partial charge in [0.25, 0.3) is 0 Å². The van der Waals surface area contributed by atoms with Gasteiger partial charge in [0.2, 0.25) is 0 Å². The minimum atomic E-state index is -0.0384. The lowest BCUT2D eigenvalue weighted by atomic mass is 9.97. The Kier molecular flexibility index (Phi) is 5.13. The first kappa shape index (κ1) is 14.2. The molecule has 0 spiro atoms. The predicted octanol–water partition coefficient (Wildman–Crippen LogP) is 1.94. The Morgan fingerprint density at radius 1 is 1.42 bits per heavy atom. The van der Waals surface area contributed by atoms with Gasteiger partial charge < -0.3 is 9.47 Å². The molecule has 1 aliphatic rings. The van der Waals surface area contributed by atoms with Crippen LogP contribution in [0.3, 0.4) is 0 Å². The number of hydrogen-bond donors (Lipinski definition) is 2. The van der Waals surface area contributed by atoms with Gasteiger partial charge in [0, 0.05) is 12.8 Å². The van der Waals surface area contributed by atoms with Crippen LogP contribution in [0.15, 0.2) is 18.5 Å². The van der Waals surface area contributed by atoms with Crippen LogP contribution < -0.4 is 16.0 Å². The molecule has 1 aromatic rings. The maximum atomic E-state index is 5.80. The largest absolute Gasteiger partial charge is 0.489 e. The van der Waals surface area contributed by atoms with Crippen molar-refractivity contribution in [3.63, 3.8) is 0 Å². The van der Waals surface area contributed by atoms with Crippen molar-refractivity contribution in [2.45, 2.75) is 51.4 Å². The van der Waals surface area contributed by atoms with Crippen LogP contribution in [0.1, 0.15) is 44.7 Å². The minimum Gasteiger partial charge on any atom is -0.489 e. The summed E-state index contributed by atoms with van der Waals surface area (Å²) in [5, 5.41) is 0. The first-order chi connectivity index (χ1) is 9.20. The summed E-state index contributed by atoms with van der Waals surface area (Å²) >= 11 is 0. The summed E-state index contributed by atoms with van der Waals surface area (Å²) in [6, 6.07) is 1.94. The van der Waals surface area contributed by atoms with Crippen LogP contribution in [0, 0.1) is 0 Å². The molecule has 3 N–H and O–H groups in total. The van der Waals surface area contributed by atoms with Gasteiger partial charge in [-0.25, -0.2) is 0 Å². The lowest BCUT2D eigenvalue weighted by Gasteiger charge is -2.30. The Labute approximate surface area is 114 Å². The van der Waals surface area contributed by atoms with E-state index in [1.54, 1.807) is 6.20 Å². The summed E-state index contributed by atoms with van der Waals surface area (Å²) in [4.78, 5) is 4.23. The predicted molar refractivity (Wildman–Crippen MR) is 73.7 cm³/mol. The molecule has 2 atom stereocenters. The summed E-state index contributed by atoms with van der Waals surface area (Å²) < 4.78 is 11.5. The molecule has 0 saturated carbocycles. The summed E-state index contributed by atoms with van der Waals surface area (Å²) in [7, 11) is 0. The molecule has 0 aromatic carbocycles. The maximum absolute atomic E-state index is 5.80. The van der Waals surface area contributed by atoms with E-state index in [0.717, 1.165) is 30.8 Å². The van der Waals surface area contributed by atoms with E-state index < -0.39 is 0 Å². The number of nitrogens with zero attached hydrogens (tertiary/aromatic N) is 1. The van der Waals surface area contributed by atoms with Crippen molar-refractivity contribution < 1.29 is 9.47 Å². The van der Waals surface area contributed by atoms with E-state index in [1.165, 1.54) is 6.42 Å². The zero-order chi connectivity index (χ0) is 13.7. The fraction of sp³-hybridized carbons (Fsp3) is 0.643. The standard InChI is InChI=1S/C14H23N3O2/c1-10(2)19-12-7-11(8-16-9-12)14(17-15)13-5-3-4-6-18-13/h7-10,13-14,17H,3-6,15H2,1-2H3. The minimum absolute atomic E-state index is 0.0384. The summed E-state index contributed by atoms with van der Waals surface area (Å²) in [6.07, 6.45) is 7.10. The molecule has 0 bridgehead atoms. The van der Waals surface area contributed by atoms with Crippen LogP contribution in [-0.4, -0.2) is 23.8 Å². The van der Waals surface area contributed by atoms with Gasteiger partial charge in [-0.15, -0.1) is 0 Å². The number of nitrogens with two attached hydrogens (primary N) is 1. The lowest BCUT2D eigenvalue weighted by Crippen LogP contribution is -2.39. The average molecular weight is 265 g/mol. The third-order valence-corrected chi connectivity index (χ3v) is 3.23. The van der Waals surface area contributed by atoms with Crippen LogP contribution in [0.25, 0.3) is 0 Å². The Balaban J connectivity index is 2.12. The van der Waals surface area contributed by atoms with E-state index >= 15 is 0 Å². The van der Waals surface area contributed by atoms with Gasteiger partial charge in [-0.2, -0.15) is 0 Å². The Morgan fingerprint density at radius 3 is 2.89 bits per heavy atom. The van der Waals surface area contributed by atoms with Gasteiger partial charge in [0.15, 0.2) is 0 Å². The monoisotopic (exact) mass is 265 g/mol. The van der Waals surface area contributed by atoms with E-state index in [2.05, 4.69) is 10.4 Å². The molecule has 1 fully saturated rings. The number of hydrazine groups is 1. The third kappa shape index (κ3) is 3.89. The first-order valence-electron chi connectivity index (χ1n) is 6.90. The average Bonchev–Trinajstić information content (AvgIpc) is 2.40. The highest BCUT2D eigenvalue weighted by atomic mass is 16.5. The van der Waals surface area contributed by atoms with E-state index in [-0.39, 0.29) is 18.2 Å². The molecule has 106 valence electrons. The van der Waals surface area contributed by atoms with E-state index in [9.17, 15) is 0 Å². The number of ether oxygens (including phenoxy) is 2. The van der Waals surface area contributed by atoms with E-state index in [1.807, 2.05) is 26.1 Å². The molecule has 0 aliphatic carbocycles. The van der Waals surface area contributed by atoms with Gasteiger partial charge >= 0.3 is 0 Å². The number of hydrogen-bond acceptors (Lipinski definition) is 5. The molecule has 1 saturated heterocycles. The molecule has 0 amide bonds. The fourth-order valence-corrected chi connectivity index (χ4v) is 2.39. The molecule has 2 heterocycles. The summed E-state index contributed by atoms with van der Waals surface area (Å²) in [6.45, 7) is 4.80. The zero-order valence-corrected chi connectivity index (χ0v) is 11.6. The smallest absolute Gasteiger partial charge is 0.138 e. The Morgan fingerprint density at radius 2 is 2.26 bits per heavy atom. The zero-order valence-electron chi connectivity index (χ0n) is 11.6. The molecular formula is C14H23N3O2. The van der Waals surface area contributed by atoms with Crippen LogP contribution in [0.4, 0.5) is 0 Å². The number of pyridine rings is 1. The molecule has 0 radical (unpaired) electrons. The molecular weight excluding hydrogens is 242 g/mol. The van der Waals surface area contributed by atoms with Crippen molar-refractivity contribution in [3.8, 4) is 5.75 Å². The molecule has 19 heavy (non-hydrogen) atoms. The summed E-state index contributed by atoms with van der Waals surface area (Å²) in [5.74, 6) is 6.46. The molecule has 1 aromatic heterocycles. The highest BCUT2D eigenvalue weighted by molar-refractivity contribution is 5.27. The molecule has 5 nitrogen and oxygen atoms in total. The van der Waals surface area contributed by atoms with Gasteiger partial charge in [0.1, 0.15) is 5.75 Å². The maximum Gasteiger partial charge on any atom is 0.138 e. The number of rotatable bonds is 5. The van der Waals surface area contributed by atoms with Crippen molar-refractivity contribution in [2.75, 3.05) is 6.61 Å². The quantitative estimate of drug-likeness (QED) is 0.629. The SMILES string of the molecule is CC(C)Oc1cncc(C(NN)C2CCCCO2)c1. The van der Waals surface area contributed by atoms with Gasteiger partial charge in [-0.1, -0.05) is 0 Å². The van der Waals surface area contributed by atoms with Crippen LogP contribution in [0.5, 0.6) is 5.75 Å². The second-order valence-electron chi connectivity index (χ2n) is 5.17. The second-order valence-corrected chi connectivity index (χ2v) is 5.17. The van der Waals surface area contributed by atoms with Crippen LogP contribution in [0.2, 0.25) is 0 Å². The van der Waals surface area contributed by atoms with Gasteiger partial charge in [-0.3, -0.25) is 16.3 Å². The van der Waals surface area contributed by atoms with Crippen molar-refractivity contribution in [2.24, 2.45) is 5.84 Å². The third-order valence-electron chi connectivity index (χ3n) is 3.23.